The Balaban J connectivity index is 2.12. The molecule has 1 saturated heterocycles. The third kappa shape index (κ3) is 2.13. The molecule has 0 saturated carbocycles. The Bertz CT molecular complexity index is 377. The average Bonchev–Trinajstić information content (AvgIpc) is 2.14. The number of carbonyl (C=O) groups excluding carboxylic acids is 1. The lowest BCUT2D eigenvalue weighted by molar-refractivity contribution is -0.144. The smallest absolute Gasteiger partial charge is 0.256 e. The molecular formula is C11H12ClNO2. The number of aliphatic hydroxyl groups is 1. The molecule has 0 bridgehead atoms. The topological polar surface area (TPSA) is 40.5 Å². The van der Waals surface area contributed by atoms with Crippen molar-refractivity contribution >= 4 is 17.5 Å². The third-order valence-corrected chi connectivity index (χ3v) is 2.80. The van der Waals surface area contributed by atoms with Crippen molar-refractivity contribution in [2.24, 2.45) is 0 Å². The van der Waals surface area contributed by atoms with E-state index in [1.807, 2.05) is 0 Å². The van der Waals surface area contributed by atoms with E-state index in [9.17, 15) is 9.90 Å². The van der Waals surface area contributed by atoms with E-state index in [4.69, 9.17) is 11.6 Å². The number of benzene rings is 1. The minimum atomic E-state index is -1.08. The number of nitrogens with zero attached hydrogens (tertiary/aromatic N) is 1. The van der Waals surface area contributed by atoms with E-state index < -0.39 is 6.10 Å². The Hall–Kier alpha value is -1.06. The third-order valence-electron chi connectivity index (χ3n) is 2.57. The molecule has 1 aromatic carbocycles. The van der Waals surface area contributed by atoms with Crippen LogP contribution in [0.5, 0.6) is 0 Å². The molecule has 0 spiro atoms. The number of likely N-dealkylation sites (tertiary alicyclic amines) is 1. The van der Waals surface area contributed by atoms with Gasteiger partial charge in [-0.2, -0.15) is 0 Å². The largest absolute Gasteiger partial charge is 0.378 e. The average molecular weight is 226 g/mol. The highest BCUT2D eigenvalue weighted by Crippen LogP contribution is 2.21. The van der Waals surface area contributed by atoms with Gasteiger partial charge in [-0.1, -0.05) is 23.7 Å². The molecule has 1 heterocycles. The van der Waals surface area contributed by atoms with E-state index in [2.05, 4.69) is 0 Å². The van der Waals surface area contributed by atoms with Gasteiger partial charge in [-0.25, -0.2) is 0 Å². The van der Waals surface area contributed by atoms with Crippen molar-refractivity contribution in [3.8, 4) is 0 Å². The van der Waals surface area contributed by atoms with Crippen LogP contribution in [-0.2, 0) is 4.79 Å². The molecule has 80 valence electrons. The van der Waals surface area contributed by atoms with E-state index in [1.165, 1.54) is 0 Å². The predicted octanol–water partition coefficient (Wildman–Crippen LogP) is 1.61. The van der Waals surface area contributed by atoms with Gasteiger partial charge in [0.05, 0.1) is 0 Å². The predicted molar refractivity (Wildman–Crippen MR) is 57.6 cm³/mol. The second-order valence-corrected chi connectivity index (χ2v) is 4.07. The molecule has 1 aromatic rings. The zero-order valence-electron chi connectivity index (χ0n) is 8.19. The quantitative estimate of drug-likeness (QED) is 0.831. The van der Waals surface area contributed by atoms with Gasteiger partial charge in [0.15, 0.2) is 6.10 Å². The fourth-order valence-corrected chi connectivity index (χ4v) is 1.73. The van der Waals surface area contributed by atoms with E-state index in [1.54, 1.807) is 29.2 Å². The summed E-state index contributed by atoms with van der Waals surface area (Å²) >= 11 is 5.79. The maximum Gasteiger partial charge on any atom is 0.256 e. The van der Waals surface area contributed by atoms with Gasteiger partial charge in [-0.3, -0.25) is 4.79 Å². The van der Waals surface area contributed by atoms with Crippen molar-refractivity contribution in [3.63, 3.8) is 0 Å². The molecule has 1 fully saturated rings. The van der Waals surface area contributed by atoms with Gasteiger partial charge in [0.2, 0.25) is 0 Å². The van der Waals surface area contributed by atoms with E-state index in [0.29, 0.717) is 10.6 Å². The SMILES string of the molecule is O=C([C@H](O)c1cccc(Cl)c1)N1CCC1. The van der Waals surface area contributed by atoms with E-state index in [0.717, 1.165) is 19.5 Å². The second-order valence-electron chi connectivity index (χ2n) is 3.64. The maximum absolute atomic E-state index is 11.7. The summed E-state index contributed by atoms with van der Waals surface area (Å²) in [4.78, 5) is 13.3. The minimum absolute atomic E-state index is 0.233. The van der Waals surface area contributed by atoms with E-state index >= 15 is 0 Å². The molecule has 0 radical (unpaired) electrons. The lowest BCUT2D eigenvalue weighted by Crippen LogP contribution is -2.44. The first-order valence-corrected chi connectivity index (χ1v) is 5.28. The molecule has 1 aliphatic heterocycles. The van der Waals surface area contributed by atoms with Crippen LogP contribution in [0.2, 0.25) is 5.02 Å². The standard InChI is InChI=1S/C11H12ClNO2/c12-9-4-1-3-8(7-9)10(14)11(15)13-5-2-6-13/h1,3-4,7,10,14H,2,5-6H2/t10-/m1/s1. The van der Waals surface area contributed by atoms with Crippen molar-refractivity contribution < 1.29 is 9.90 Å². The Morgan fingerprint density at radius 3 is 2.73 bits per heavy atom. The summed E-state index contributed by atoms with van der Waals surface area (Å²) in [5.41, 5.74) is 0.555. The summed E-state index contributed by atoms with van der Waals surface area (Å²) in [6, 6.07) is 6.76. The van der Waals surface area contributed by atoms with Gasteiger partial charge < -0.3 is 10.0 Å². The fraction of sp³-hybridized carbons (Fsp3) is 0.364. The first-order valence-electron chi connectivity index (χ1n) is 4.91. The maximum atomic E-state index is 11.7. The van der Waals surface area contributed by atoms with Crippen LogP contribution in [0, 0.1) is 0 Å². The molecule has 3 nitrogen and oxygen atoms in total. The Kier molecular flexibility index (Phi) is 2.93. The molecule has 15 heavy (non-hydrogen) atoms. The number of hydrogen-bond donors (Lipinski definition) is 1. The van der Waals surface area contributed by atoms with Crippen LogP contribution >= 0.6 is 11.6 Å². The van der Waals surface area contributed by atoms with Crippen LogP contribution in [0.4, 0.5) is 0 Å². The van der Waals surface area contributed by atoms with Crippen LogP contribution in [-0.4, -0.2) is 29.0 Å². The van der Waals surface area contributed by atoms with Gasteiger partial charge in [-0.15, -0.1) is 0 Å². The van der Waals surface area contributed by atoms with Crippen LogP contribution in [0.1, 0.15) is 18.1 Å². The normalized spacial score (nSPS) is 17.1. The lowest BCUT2D eigenvalue weighted by Gasteiger charge is -2.32. The van der Waals surface area contributed by atoms with Crippen LogP contribution < -0.4 is 0 Å². The van der Waals surface area contributed by atoms with Gasteiger partial charge in [0.1, 0.15) is 0 Å². The highest BCUT2D eigenvalue weighted by Gasteiger charge is 2.27. The monoisotopic (exact) mass is 225 g/mol. The van der Waals surface area contributed by atoms with Crippen molar-refractivity contribution in [2.75, 3.05) is 13.1 Å². The molecule has 1 amide bonds. The second kappa shape index (κ2) is 4.21. The van der Waals surface area contributed by atoms with Crippen molar-refractivity contribution in [1.29, 1.82) is 0 Å². The fourth-order valence-electron chi connectivity index (χ4n) is 1.53. The summed E-state index contributed by atoms with van der Waals surface area (Å²) in [6.07, 6.45) is -0.0578. The van der Waals surface area contributed by atoms with Gasteiger partial charge in [-0.05, 0) is 24.1 Å². The van der Waals surface area contributed by atoms with Crippen LogP contribution in [0.25, 0.3) is 0 Å². The Morgan fingerprint density at radius 1 is 1.47 bits per heavy atom. The molecule has 0 aliphatic carbocycles. The van der Waals surface area contributed by atoms with Crippen molar-refractivity contribution in [2.45, 2.75) is 12.5 Å². The Morgan fingerprint density at radius 2 is 2.20 bits per heavy atom. The Labute approximate surface area is 93.3 Å². The highest BCUT2D eigenvalue weighted by molar-refractivity contribution is 6.30. The number of carbonyl (C=O) groups is 1. The molecule has 0 aromatic heterocycles. The number of rotatable bonds is 2. The molecular weight excluding hydrogens is 214 g/mol. The number of aliphatic hydroxyl groups excluding tert-OH is 1. The van der Waals surface area contributed by atoms with Crippen molar-refractivity contribution in [1.82, 2.24) is 4.90 Å². The molecule has 2 rings (SSSR count). The summed E-state index contributed by atoms with van der Waals surface area (Å²) in [5, 5.41) is 10.3. The summed E-state index contributed by atoms with van der Waals surface area (Å²) in [7, 11) is 0. The zero-order valence-corrected chi connectivity index (χ0v) is 8.94. The first kappa shape index (κ1) is 10.5. The van der Waals surface area contributed by atoms with Gasteiger partial charge in [0, 0.05) is 18.1 Å². The molecule has 1 atom stereocenters. The molecule has 4 heteroatoms. The molecule has 1 N–H and O–H groups in total. The molecule has 1 aliphatic rings. The summed E-state index contributed by atoms with van der Waals surface area (Å²) in [6.45, 7) is 1.49. The highest BCUT2D eigenvalue weighted by atomic mass is 35.5. The van der Waals surface area contributed by atoms with Crippen LogP contribution in [0.3, 0.4) is 0 Å². The zero-order chi connectivity index (χ0) is 10.8. The van der Waals surface area contributed by atoms with Crippen LogP contribution in [0.15, 0.2) is 24.3 Å². The summed E-state index contributed by atoms with van der Waals surface area (Å²) in [5.74, 6) is -0.233. The first-order chi connectivity index (χ1) is 7.18. The number of halogens is 1. The lowest BCUT2D eigenvalue weighted by atomic mass is 10.1. The number of amides is 1. The number of hydrogen-bond acceptors (Lipinski definition) is 2. The minimum Gasteiger partial charge on any atom is -0.378 e. The van der Waals surface area contributed by atoms with E-state index in [-0.39, 0.29) is 5.91 Å². The van der Waals surface area contributed by atoms with Gasteiger partial charge in [0.25, 0.3) is 5.91 Å². The molecule has 0 unspecified atom stereocenters. The van der Waals surface area contributed by atoms with Crippen molar-refractivity contribution in [3.05, 3.63) is 34.9 Å². The van der Waals surface area contributed by atoms with Gasteiger partial charge >= 0.3 is 0 Å². The summed E-state index contributed by atoms with van der Waals surface area (Å²) < 4.78 is 0.